The maximum Gasteiger partial charge on any atom is 0.220 e. The third-order valence-electron chi connectivity index (χ3n) is 3.56. The Hall–Kier alpha value is -0.710. The van der Waals surface area contributed by atoms with Gasteiger partial charge in [-0.3, -0.25) is 4.79 Å². The highest BCUT2D eigenvalue weighted by atomic mass is 35.5. The maximum absolute atomic E-state index is 11.9. The van der Waals surface area contributed by atoms with Crippen molar-refractivity contribution in [3.8, 4) is 0 Å². The lowest BCUT2D eigenvalue weighted by molar-refractivity contribution is -0.122. The van der Waals surface area contributed by atoms with E-state index in [1.807, 2.05) is 11.8 Å². The van der Waals surface area contributed by atoms with Gasteiger partial charge in [0.05, 0.1) is 6.10 Å². The molecule has 1 unspecified atom stereocenters. The molecule has 2 rings (SSSR count). The first kappa shape index (κ1) is 15.7. The third kappa shape index (κ3) is 5.00. The average Bonchev–Trinajstić information content (AvgIpc) is 2.46. The van der Waals surface area contributed by atoms with E-state index in [9.17, 15) is 9.90 Å². The normalized spacial score (nSPS) is 17.7. The van der Waals surface area contributed by atoms with Crippen LogP contribution in [0.5, 0.6) is 0 Å². The summed E-state index contributed by atoms with van der Waals surface area (Å²) in [7, 11) is 0. The Morgan fingerprint density at radius 3 is 2.65 bits per heavy atom. The van der Waals surface area contributed by atoms with Crippen LogP contribution in [0.3, 0.4) is 0 Å². The number of rotatable bonds is 5. The zero-order chi connectivity index (χ0) is 14.4. The van der Waals surface area contributed by atoms with Gasteiger partial charge in [0.25, 0.3) is 0 Å². The van der Waals surface area contributed by atoms with E-state index in [4.69, 9.17) is 11.6 Å². The molecular weight excluding hydrogens is 294 g/mol. The van der Waals surface area contributed by atoms with Crippen molar-refractivity contribution in [3.63, 3.8) is 0 Å². The van der Waals surface area contributed by atoms with Crippen LogP contribution in [-0.4, -0.2) is 29.1 Å². The van der Waals surface area contributed by atoms with Crippen molar-refractivity contribution < 1.29 is 9.90 Å². The molecule has 0 aromatic heterocycles. The van der Waals surface area contributed by atoms with Crippen LogP contribution < -0.4 is 5.32 Å². The standard InChI is InChI=1S/C15H20ClNO2S/c16-13-3-1-12(2-4-13)14(18)10-17-15(19)9-11-5-7-20-8-6-11/h1-4,11,14,18H,5-10H2,(H,17,19). The lowest BCUT2D eigenvalue weighted by Crippen LogP contribution is -2.30. The number of hydrogen-bond donors (Lipinski definition) is 2. The fourth-order valence-electron chi connectivity index (χ4n) is 2.30. The molecular formula is C15H20ClNO2S. The maximum atomic E-state index is 11.9. The number of thioether (sulfide) groups is 1. The summed E-state index contributed by atoms with van der Waals surface area (Å²) in [5, 5.41) is 13.5. The summed E-state index contributed by atoms with van der Waals surface area (Å²) in [6, 6.07) is 7.03. The first-order chi connectivity index (χ1) is 9.65. The second kappa shape index (κ2) is 7.91. The Morgan fingerprint density at radius 2 is 2.00 bits per heavy atom. The SMILES string of the molecule is O=C(CC1CCSCC1)NCC(O)c1ccc(Cl)cc1. The highest BCUT2D eigenvalue weighted by Crippen LogP contribution is 2.25. The second-order valence-electron chi connectivity index (χ2n) is 5.13. The molecule has 1 aliphatic heterocycles. The van der Waals surface area contributed by atoms with Gasteiger partial charge in [0.1, 0.15) is 0 Å². The van der Waals surface area contributed by atoms with Gasteiger partial charge in [-0.25, -0.2) is 0 Å². The van der Waals surface area contributed by atoms with Crippen LogP contribution in [0, 0.1) is 5.92 Å². The molecule has 110 valence electrons. The predicted octanol–water partition coefficient (Wildman–Crippen LogP) is 3.02. The molecule has 0 aliphatic carbocycles. The monoisotopic (exact) mass is 313 g/mol. The second-order valence-corrected chi connectivity index (χ2v) is 6.79. The van der Waals surface area contributed by atoms with Gasteiger partial charge in [0, 0.05) is 18.0 Å². The molecule has 1 fully saturated rings. The molecule has 1 saturated heterocycles. The van der Waals surface area contributed by atoms with Crippen molar-refractivity contribution in [2.24, 2.45) is 5.92 Å². The van der Waals surface area contributed by atoms with Crippen LogP contribution in [0.25, 0.3) is 0 Å². The van der Waals surface area contributed by atoms with E-state index in [2.05, 4.69) is 5.32 Å². The molecule has 1 heterocycles. The summed E-state index contributed by atoms with van der Waals surface area (Å²) in [6.07, 6.45) is 2.14. The molecule has 1 aliphatic rings. The van der Waals surface area contributed by atoms with Crippen molar-refractivity contribution in [1.29, 1.82) is 0 Å². The molecule has 0 bridgehead atoms. The summed E-state index contributed by atoms with van der Waals surface area (Å²) in [5.74, 6) is 2.86. The van der Waals surface area contributed by atoms with Gasteiger partial charge >= 0.3 is 0 Å². The van der Waals surface area contributed by atoms with E-state index in [0.29, 0.717) is 17.4 Å². The number of benzene rings is 1. The lowest BCUT2D eigenvalue weighted by atomic mass is 9.98. The summed E-state index contributed by atoms with van der Waals surface area (Å²) in [5.41, 5.74) is 0.767. The number of carbonyl (C=O) groups is 1. The fraction of sp³-hybridized carbons (Fsp3) is 0.533. The molecule has 1 amide bonds. The molecule has 0 saturated carbocycles. The van der Waals surface area contributed by atoms with Crippen LogP contribution >= 0.6 is 23.4 Å². The van der Waals surface area contributed by atoms with E-state index in [1.54, 1.807) is 24.3 Å². The van der Waals surface area contributed by atoms with E-state index < -0.39 is 6.10 Å². The van der Waals surface area contributed by atoms with Gasteiger partial charge in [0.15, 0.2) is 0 Å². The van der Waals surface area contributed by atoms with E-state index in [0.717, 1.165) is 29.9 Å². The number of amides is 1. The van der Waals surface area contributed by atoms with Crippen LogP contribution in [-0.2, 0) is 4.79 Å². The van der Waals surface area contributed by atoms with Crippen LogP contribution in [0.4, 0.5) is 0 Å². The first-order valence-electron chi connectivity index (χ1n) is 6.93. The number of hydrogen-bond acceptors (Lipinski definition) is 3. The molecule has 20 heavy (non-hydrogen) atoms. The summed E-state index contributed by atoms with van der Waals surface area (Å²) in [4.78, 5) is 11.9. The van der Waals surface area contributed by atoms with E-state index in [1.165, 1.54) is 0 Å². The van der Waals surface area contributed by atoms with Gasteiger partial charge in [-0.1, -0.05) is 23.7 Å². The third-order valence-corrected chi connectivity index (χ3v) is 4.86. The zero-order valence-electron chi connectivity index (χ0n) is 11.3. The van der Waals surface area contributed by atoms with E-state index in [-0.39, 0.29) is 12.5 Å². The molecule has 1 aromatic carbocycles. The molecule has 1 aromatic rings. The Balaban J connectivity index is 1.73. The van der Waals surface area contributed by atoms with Crippen molar-refractivity contribution in [1.82, 2.24) is 5.32 Å². The minimum Gasteiger partial charge on any atom is -0.387 e. The minimum absolute atomic E-state index is 0.0370. The Labute approximate surface area is 129 Å². The molecule has 1 atom stereocenters. The lowest BCUT2D eigenvalue weighted by Gasteiger charge is -2.21. The Kier molecular flexibility index (Phi) is 6.20. The molecule has 3 nitrogen and oxygen atoms in total. The molecule has 2 N–H and O–H groups in total. The summed E-state index contributed by atoms with van der Waals surface area (Å²) >= 11 is 7.76. The van der Waals surface area contributed by atoms with Crippen LogP contribution in [0.2, 0.25) is 5.02 Å². The molecule has 0 radical (unpaired) electrons. The number of halogens is 1. The Morgan fingerprint density at radius 1 is 1.35 bits per heavy atom. The van der Waals surface area contributed by atoms with Crippen molar-refractivity contribution >= 4 is 29.3 Å². The fourth-order valence-corrected chi connectivity index (χ4v) is 3.63. The van der Waals surface area contributed by atoms with Gasteiger partial charge in [-0.05, 0) is 48.0 Å². The topological polar surface area (TPSA) is 49.3 Å². The number of nitrogens with one attached hydrogen (secondary N) is 1. The summed E-state index contributed by atoms with van der Waals surface area (Å²) in [6.45, 7) is 0.252. The Bertz CT molecular complexity index is 432. The van der Waals surface area contributed by atoms with Gasteiger partial charge in [-0.15, -0.1) is 0 Å². The largest absolute Gasteiger partial charge is 0.387 e. The number of carbonyl (C=O) groups excluding carboxylic acids is 1. The number of aliphatic hydroxyl groups excluding tert-OH is 1. The van der Waals surface area contributed by atoms with Crippen LogP contribution in [0.1, 0.15) is 30.9 Å². The van der Waals surface area contributed by atoms with Crippen molar-refractivity contribution in [3.05, 3.63) is 34.9 Å². The smallest absolute Gasteiger partial charge is 0.220 e. The van der Waals surface area contributed by atoms with Crippen molar-refractivity contribution in [2.45, 2.75) is 25.4 Å². The van der Waals surface area contributed by atoms with Gasteiger partial charge < -0.3 is 10.4 Å². The first-order valence-corrected chi connectivity index (χ1v) is 8.46. The molecule has 5 heteroatoms. The van der Waals surface area contributed by atoms with E-state index >= 15 is 0 Å². The average molecular weight is 314 g/mol. The summed E-state index contributed by atoms with van der Waals surface area (Å²) < 4.78 is 0. The van der Waals surface area contributed by atoms with Crippen LogP contribution in [0.15, 0.2) is 24.3 Å². The zero-order valence-corrected chi connectivity index (χ0v) is 12.9. The highest BCUT2D eigenvalue weighted by Gasteiger charge is 2.17. The predicted molar refractivity (Wildman–Crippen MR) is 84.1 cm³/mol. The number of aliphatic hydroxyl groups is 1. The molecule has 0 spiro atoms. The quantitative estimate of drug-likeness (QED) is 0.878. The van der Waals surface area contributed by atoms with Gasteiger partial charge in [0.2, 0.25) is 5.91 Å². The van der Waals surface area contributed by atoms with Crippen molar-refractivity contribution in [2.75, 3.05) is 18.1 Å². The van der Waals surface area contributed by atoms with Gasteiger partial charge in [-0.2, -0.15) is 11.8 Å². The highest BCUT2D eigenvalue weighted by molar-refractivity contribution is 7.99. The minimum atomic E-state index is -0.682.